The molecule has 7 heteroatoms. The predicted octanol–water partition coefficient (Wildman–Crippen LogP) is 3.09. The molecule has 0 aromatic heterocycles. The molecule has 0 aliphatic carbocycles. The van der Waals surface area contributed by atoms with Crippen molar-refractivity contribution >= 4 is 17.8 Å². The molecule has 114 valence electrons. The second-order valence-corrected chi connectivity index (χ2v) is 4.24. The van der Waals surface area contributed by atoms with Crippen molar-refractivity contribution in [3.05, 3.63) is 65.5 Å². The summed E-state index contributed by atoms with van der Waals surface area (Å²) in [6.45, 7) is -0.406. The topological polar surface area (TPSA) is 50.7 Å². The van der Waals surface area contributed by atoms with Crippen LogP contribution < -0.4 is 5.32 Å². The van der Waals surface area contributed by atoms with Gasteiger partial charge in [-0.1, -0.05) is 17.3 Å². The number of anilines is 1. The number of carbonyl (C=O) groups is 1. The van der Waals surface area contributed by atoms with E-state index in [1.807, 2.05) is 0 Å². The lowest BCUT2D eigenvalue weighted by Gasteiger charge is -2.04. The molecule has 0 fully saturated rings. The highest BCUT2D eigenvalue weighted by Gasteiger charge is 2.06. The number of benzene rings is 2. The van der Waals surface area contributed by atoms with Gasteiger partial charge in [0.15, 0.2) is 18.2 Å². The van der Waals surface area contributed by atoms with E-state index in [9.17, 15) is 18.0 Å². The van der Waals surface area contributed by atoms with Crippen LogP contribution in [0.4, 0.5) is 18.9 Å². The Morgan fingerprint density at radius 2 is 1.82 bits per heavy atom. The quantitative estimate of drug-likeness (QED) is 0.681. The largest absolute Gasteiger partial charge is 0.386 e. The van der Waals surface area contributed by atoms with Crippen molar-refractivity contribution in [2.75, 3.05) is 11.9 Å². The zero-order valence-electron chi connectivity index (χ0n) is 11.2. The van der Waals surface area contributed by atoms with Crippen LogP contribution in [0.5, 0.6) is 0 Å². The molecule has 2 aromatic rings. The minimum atomic E-state index is -1.06. The molecule has 22 heavy (non-hydrogen) atoms. The number of rotatable bonds is 5. The van der Waals surface area contributed by atoms with Crippen LogP contribution in [0.3, 0.4) is 0 Å². The number of carbonyl (C=O) groups excluding carboxylic acids is 1. The SMILES string of the molecule is O=C(CO/N=C/c1ccc(F)cc1)Nc1ccc(F)c(F)c1. The third-order valence-corrected chi connectivity index (χ3v) is 2.55. The third kappa shape index (κ3) is 4.62. The summed E-state index contributed by atoms with van der Waals surface area (Å²) >= 11 is 0. The van der Waals surface area contributed by atoms with Crippen LogP contribution in [-0.2, 0) is 9.63 Å². The van der Waals surface area contributed by atoms with E-state index < -0.39 is 24.1 Å². The molecule has 0 bridgehead atoms. The van der Waals surface area contributed by atoms with Gasteiger partial charge in [-0.25, -0.2) is 13.2 Å². The average Bonchev–Trinajstić information content (AvgIpc) is 2.49. The van der Waals surface area contributed by atoms with Gasteiger partial charge in [0.25, 0.3) is 5.91 Å². The number of halogens is 3. The maximum absolute atomic E-state index is 12.9. The first-order valence-corrected chi connectivity index (χ1v) is 6.20. The fraction of sp³-hybridized carbons (Fsp3) is 0.0667. The van der Waals surface area contributed by atoms with Gasteiger partial charge in [0.2, 0.25) is 0 Å². The molecular weight excluding hydrogens is 297 g/mol. The van der Waals surface area contributed by atoms with Gasteiger partial charge in [0.05, 0.1) is 6.21 Å². The molecule has 0 saturated heterocycles. The smallest absolute Gasteiger partial charge is 0.265 e. The lowest BCUT2D eigenvalue weighted by molar-refractivity contribution is -0.120. The van der Waals surface area contributed by atoms with Gasteiger partial charge in [0.1, 0.15) is 5.82 Å². The van der Waals surface area contributed by atoms with Crippen LogP contribution in [-0.4, -0.2) is 18.7 Å². The first kappa shape index (κ1) is 15.6. The van der Waals surface area contributed by atoms with Crippen molar-refractivity contribution < 1.29 is 22.8 Å². The van der Waals surface area contributed by atoms with Gasteiger partial charge >= 0.3 is 0 Å². The molecule has 1 amide bonds. The van der Waals surface area contributed by atoms with Crippen LogP contribution in [0.15, 0.2) is 47.6 Å². The Balaban J connectivity index is 1.80. The molecule has 4 nitrogen and oxygen atoms in total. The molecule has 1 N–H and O–H groups in total. The van der Waals surface area contributed by atoms with E-state index in [4.69, 9.17) is 4.84 Å². The normalized spacial score (nSPS) is 10.7. The Hall–Kier alpha value is -2.83. The number of nitrogens with zero attached hydrogens (tertiary/aromatic N) is 1. The van der Waals surface area contributed by atoms with E-state index in [1.54, 1.807) is 0 Å². The molecule has 2 aromatic carbocycles. The lowest BCUT2D eigenvalue weighted by Crippen LogP contribution is -2.17. The van der Waals surface area contributed by atoms with Crippen LogP contribution >= 0.6 is 0 Å². The molecule has 0 atom stereocenters. The summed E-state index contributed by atoms with van der Waals surface area (Å²) in [7, 11) is 0. The summed E-state index contributed by atoms with van der Waals surface area (Å²) in [6, 6.07) is 8.48. The molecule has 2 rings (SSSR count). The van der Waals surface area contributed by atoms with E-state index in [0.29, 0.717) is 5.56 Å². The third-order valence-electron chi connectivity index (χ3n) is 2.55. The van der Waals surface area contributed by atoms with Crippen molar-refractivity contribution in [3.63, 3.8) is 0 Å². The highest BCUT2D eigenvalue weighted by Crippen LogP contribution is 2.12. The van der Waals surface area contributed by atoms with Gasteiger partial charge in [-0.3, -0.25) is 4.79 Å². The Morgan fingerprint density at radius 1 is 1.09 bits per heavy atom. The second kappa shape index (κ2) is 7.26. The molecule has 0 aliphatic rings. The molecule has 0 unspecified atom stereocenters. The molecule has 0 aliphatic heterocycles. The number of hydrogen-bond acceptors (Lipinski definition) is 3. The van der Waals surface area contributed by atoms with E-state index in [-0.39, 0.29) is 11.5 Å². The Bertz CT molecular complexity index is 688. The zero-order valence-corrected chi connectivity index (χ0v) is 11.2. The lowest BCUT2D eigenvalue weighted by atomic mass is 10.2. The maximum Gasteiger partial charge on any atom is 0.265 e. The summed E-state index contributed by atoms with van der Waals surface area (Å²) < 4.78 is 38.3. The van der Waals surface area contributed by atoms with E-state index >= 15 is 0 Å². The molecule has 0 radical (unpaired) electrons. The molecule has 0 saturated carbocycles. The first-order chi connectivity index (χ1) is 10.5. The highest BCUT2D eigenvalue weighted by atomic mass is 19.2. The van der Waals surface area contributed by atoms with Gasteiger partial charge in [-0.05, 0) is 29.8 Å². The molecular formula is C15H11F3N2O2. The average molecular weight is 308 g/mol. The number of oxime groups is 1. The Labute approximate surface area is 124 Å². The van der Waals surface area contributed by atoms with Crippen molar-refractivity contribution in [1.82, 2.24) is 0 Å². The Kier molecular flexibility index (Phi) is 5.13. The zero-order chi connectivity index (χ0) is 15.9. The van der Waals surface area contributed by atoms with E-state index in [0.717, 1.165) is 12.1 Å². The number of amides is 1. The van der Waals surface area contributed by atoms with Crippen LogP contribution in [0.25, 0.3) is 0 Å². The summed E-state index contributed by atoms with van der Waals surface area (Å²) in [5.74, 6) is -3.02. The Morgan fingerprint density at radius 3 is 2.50 bits per heavy atom. The minimum absolute atomic E-state index is 0.106. The summed E-state index contributed by atoms with van der Waals surface area (Å²) in [5, 5.41) is 5.86. The number of hydrogen-bond donors (Lipinski definition) is 1. The van der Waals surface area contributed by atoms with Crippen molar-refractivity contribution in [3.8, 4) is 0 Å². The summed E-state index contributed by atoms with van der Waals surface area (Å²) in [4.78, 5) is 16.2. The summed E-state index contributed by atoms with van der Waals surface area (Å²) in [6.07, 6.45) is 1.31. The molecule has 0 heterocycles. The minimum Gasteiger partial charge on any atom is -0.386 e. The first-order valence-electron chi connectivity index (χ1n) is 6.20. The van der Waals surface area contributed by atoms with Crippen molar-refractivity contribution in [1.29, 1.82) is 0 Å². The fourth-order valence-corrected chi connectivity index (χ4v) is 1.51. The molecule has 0 spiro atoms. The monoisotopic (exact) mass is 308 g/mol. The van der Waals surface area contributed by atoms with E-state index in [1.165, 1.54) is 36.5 Å². The van der Waals surface area contributed by atoms with E-state index in [2.05, 4.69) is 10.5 Å². The fourth-order valence-electron chi connectivity index (χ4n) is 1.51. The van der Waals surface area contributed by atoms with Crippen molar-refractivity contribution in [2.24, 2.45) is 5.16 Å². The van der Waals surface area contributed by atoms with Gasteiger partial charge in [-0.2, -0.15) is 0 Å². The maximum atomic E-state index is 12.9. The van der Waals surface area contributed by atoms with Crippen LogP contribution in [0.2, 0.25) is 0 Å². The van der Waals surface area contributed by atoms with Gasteiger partial charge < -0.3 is 10.2 Å². The van der Waals surface area contributed by atoms with Crippen LogP contribution in [0, 0.1) is 17.5 Å². The van der Waals surface area contributed by atoms with Crippen molar-refractivity contribution in [2.45, 2.75) is 0 Å². The number of nitrogens with one attached hydrogen (secondary N) is 1. The standard InChI is InChI=1S/C15H11F3N2O2/c16-11-3-1-10(2-4-11)8-19-22-9-15(21)20-12-5-6-13(17)14(18)7-12/h1-8H,9H2,(H,20,21)/b19-8+. The highest BCUT2D eigenvalue weighted by molar-refractivity contribution is 5.91. The summed E-state index contributed by atoms with van der Waals surface area (Å²) in [5.41, 5.74) is 0.706. The van der Waals surface area contributed by atoms with Crippen LogP contribution in [0.1, 0.15) is 5.56 Å². The van der Waals surface area contributed by atoms with Gasteiger partial charge in [-0.15, -0.1) is 0 Å². The van der Waals surface area contributed by atoms with Gasteiger partial charge in [0, 0.05) is 11.8 Å². The second-order valence-electron chi connectivity index (χ2n) is 4.24. The predicted molar refractivity (Wildman–Crippen MR) is 74.9 cm³/mol.